The zero-order valence-electron chi connectivity index (χ0n) is 22.1. The van der Waals surface area contributed by atoms with Gasteiger partial charge in [0.05, 0.1) is 30.7 Å². The molecular weight excluding hydrogens is 616 g/mol. The Hall–Kier alpha value is -2.49. The van der Waals surface area contributed by atoms with Gasteiger partial charge in [-0.25, -0.2) is 8.42 Å². The van der Waals surface area contributed by atoms with E-state index in [0.717, 1.165) is 4.31 Å². The molecule has 0 saturated heterocycles. The fraction of sp³-hybridized carbons (Fsp3) is 0.286. The van der Waals surface area contributed by atoms with Crippen LogP contribution in [0.2, 0.25) is 20.1 Å². The van der Waals surface area contributed by atoms with E-state index >= 15 is 0 Å². The second kappa shape index (κ2) is 13.9. The molecule has 1 N–H and O–H groups in total. The molecule has 0 aliphatic rings. The molecular formula is C28H29Cl4N3O4S. The average molecular weight is 645 g/mol. The number of nitrogens with one attached hydrogen (secondary N) is 1. The number of benzene rings is 3. The molecule has 2 atom stereocenters. The SMILES string of the molecule is CCC(C)NC(=O)C(C)N(Cc1ccc(Cl)c(Cl)c1)C(=O)CN(c1cccc(Cl)c1Cl)S(=O)(=O)c1ccccc1. The summed E-state index contributed by atoms with van der Waals surface area (Å²) in [4.78, 5) is 28.3. The van der Waals surface area contributed by atoms with Crippen molar-refractivity contribution < 1.29 is 18.0 Å². The topological polar surface area (TPSA) is 86.8 Å². The molecule has 7 nitrogen and oxygen atoms in total. The number of carbonyl (C=O) groups excluding carboxylic acids is 2. The van der Waals surface area contributed by atoms with Crippen LogP contribution < -0.4 is 9.62 Å². The number of halogens is 4. The van der Waals surface area contributed by atoms with Crippen LogP contribution in [0.4, 0.5) is 5.69 Å². The molecule has 12 heteroatoms. The van der Waals surface area contributed by atoms with Crippen molar-refractivity contribution in [1.82, 2.24) is 10.2 Å². The Balaban J connectivity index is 2.07. The molecule has 0 radical (unpaired) electrons. The van der Waals surface area contributed by atoms with E-state index in [-0.39, 0.29) is 44.1 Å². The predicted molar refractivity (Wildman–Crippen MR) is 162 cm³/mol. The van der Waals surface area contributed by atoms with Crippen molar-refractivity contribution in [3.8, 4) is 0 Å². The van der Waals surface area contributed by atoms with Crippen molar-refractivity contribution >= 4 is 73.9 Å². The second-order valence-corrected chi connectivity index (χ2v) is 12.6. The molecule has 0 spiro atoms. The highest BCUT2D eigenvalue weighted by atomic mass is 35.5. The van der Waals surface area contributed by atoms with E-state index < -0.39 is 28.5 Å². The number of amides is 2. The van der Waals surface area contributed by atoms with Crippen LogP contribution in [0.15, 0.2) is 71.6 Å². The van der Waals surface area contributed by atoms with Gasteiger partial charge < -0.3 is 10.2 Å². The maximum Gasteiger partial charge on any atom is 0.264 e. The summed E-state index contributed by atoms with van der Waals surface area (Å²) in [6.07, 6.45) is 0.690. The van der Waals surface area contributed by atoms with Crippen LogP contribution in [0, 0.1) is 0 Å². The fourth-order valence-electron chi connectivity index (χ4n) is 3.80. The maximum atomic E-state index is 14.0. The van der Waals surface area contributed by atoms with Crippen molar-refractivity contribution in [2.24, 2.45) is 0 Å². The number of hydrogen-bond donors (Lipinski definition) is 1. The Morgan fingerprint density at radius 2 is 1.55 bits per heavy atom. The minimum Gasteiger partial charge on any atom is -0.352 e. The Morgan fingerprint density at radius 3 is 2.17 bits per heavy atom. The van der Waals surface area contributed by atoms with E-state index in [1.54, 1.807) is 43.3 Å². The monoisotopic (exact) mass is 643 g/mol. The average Bonchev–Trinajstić information content (AvgIpc) is 2.93. The van der Waals surface area contributed by atoms with E-state index in [9.17, 15) is 18.0 Å². The summed E-state index contributed by atoms with van der Waals surface area (Å²) >= 11 is 24.9. The van der Waals surface area contributed by atoms with Crippen LogP contribution in [0.3, 0.4) is 0 Å². The second-order valence-electron chi connectivity index (χ2n) is 9.16. The third-order valence-corrected chi connectivity index (χ3v) is 9.64. The lowest BCUT2D eigenvalue weighted by Gasteiger charge is -2.32. The molecule has 3 rings (SSSR count). The third-order valence-electron chi connectivity index (χ3n) is 6.32. The summed E-state index contributed by atoms with van der Waals surface area (Å²) in [5.74, 6) is -1.03. The van der Waals surface area contributed by atoms with Crippen molar-refractivity contribution in [3.05, 3.63) is 92.4 Å². The van der Waals surface area contributed by atoms with Gasteiger partial charge >= 0.3 is 0 Å². The molecule has 214 valence electrons. The molecule has 0 aromatic heterocycles. The number of carbonyl (C=O) groups is 2. The summed E-state index contributed by atoms with van der Waals surface area (Å²) in [7, 11) is -4.27. The van der Waals surface area contributed by atoms with Crippen molar-refractivity contribution in [3.63, 3.8) is 0 Å². The number of nitrogens with zero attached hydrogens (tertiary/aromatic N) is 2. The van der Waals surface area contributed by atoms with Gasteiger partial charge in [0.15, 0.2) is 0 Å². The summed E-state index contributed by atoms with van der Waals surface area (Å²) < 4.78 is 28.6. The zero-order chi connectivity index (χ0) is 29.6. The Morgan fingerprint density at radius 1 is 0.875 bits per heavy atom. The molecule has 3 aromatic rings. The Labute approximate surface area is 255 Å². The number of sulfonamides is 1. The summed E-state index contributed by atoms with van der Waals surface area (Å²) in [5.41, 5.74) is 0.627. The van der Waals surface area contributed by atoms with Gasteiger partial charge in [0.1, 0.15) is 12.6 Å². The van der Waals surface area contributed by atoms with E-state index in [0.29, 0.717) is 17.0 Å². The van der Waals surface area contributed by atoms with Gasteiger partial charge in [-0.15, -0.1) is 0 Å². The highest BCUT2D eigenvalue weighted by Gasteiger charge is 2.34. The molecule has 0 bridgehead atoms. The van der Waals surface area contributed by atoms with Gasteiger partial charge in [0, 0.05) is 12.6 Å². The summed E-state index contributed by atoms with van der Waals surface area (Å²) in [6, 6.07) is 16.0. The molecule has 2 unspecified atom stereocenters. The van der Waals surface area contributed by atoms with Gasteiger partial charge in [-0.1, -0.05) is 83.7 Å². The van der Waals surface area contributed by atoms with Gasteiger partial charge in [-0.3, -0.25) is 13.9 Å². The molecule has 40 heavy (non-hydrogen) atoms. The lowest BCUT2D eigenvalue weighted by molar-refractivity contribution is -0.139. The first kappa shape index (κ1) is 32.0. The lowest BCUT2D eigenvalue weighted by Crippen LogP contribution is -2.52. The molecule has 0 saturated carbocycles. The van der Waals surface area contributed by atoms with E-state index in [1.165, 1.54) is 35.2 Å². The van der Waals surface area contributed by atoms with Gasteiger partial charge in [-0.2, -0.15) is 0 Å². The lowest BCUT2D eigenvalue weighted by atomic mass is 10.1. The first-order valence-corrected chi connectivity index (χ1v) is 15.4. The van der Waals surface area contributed by atoms with Crippen LogP contribution in [0.5, 0.6) is 0 Å². The van der Waals surface area contributed by atoms with Crippen molar-refractivity contribution in [1.29, 1.82) is 0 Å². The third kappa shape index (κ3) is 7.62. The Bertz CT molecular complexity index is 1470. The summed E-state index contributed by atoms with van der Waals surface area (Å²) in [5, 5.41) is 3.58. The minimum absolute atomic E-state index is 0.0255. The van der Waals surface area contributed by atoms with Gasteiger partial charge in [0.2, 0.25) is 11.8 Å². The first-order valence-electron chi connectivity index (χ1n) is 12.4. The normalized spacial score (nSPS) is 12.9. The van der Waals surface area contributed by atoms with Crippen LogP contribution in [0.1, 0.15) is 32.8 Å². The zero-order valence-corrected chi connectivity index (χ0v) is 25.9. The maximum absolute atomic E-state index is 14.0. The van der Waals surface area contributed by atoms with Crippen molar-refractivity contribution in [2.45, 2.75) is 50.7 Å². The fourth-order valence-corrected chi connectivity index (χ4v) is 6.02. The van der Waals surface area contributed by atoms with Crippen molar-refractivity contribution in [2.75, 3.05) is 10.8 Å². The predicted octanol–water partition coefficient (Wildman–Crippen LogP) is 6.83. The van der Waals surface area contributed by atoms with Crippen LogP contribution in [0.25, 0.3) is 0 Å². The Kier molecular flexibility index (Phi) is 11.1. The molecule has 2 amide bonds. The molecule has 0 heterocycles. The quantitative estimate of drug-likeness (QED) is 0.248. The first-order chi connectivity index (χ1) is 18.9. The van der Waals surface area contributed by atoms with E-state index in [2.05, 4.69) is 5.32 Å². The molecule has 0 fully saturated rings. The summed E-state index contributed by atoms with van der Waals surface area (Å²) in [6.45, 7) is 4.67. The number of hydrogen-bond acceptors (Lipinski definition) is 4. The standard InChI is InChI=1S/C28H29Cl4N3O4S/c1-4-18(2)33-28(37)19(3)34(16-20-13-14-22(29)24(31)15-20)26(36)17-35(25-12-8-11-23(30)27(25)32)40(38,39)21-9-6-5-7-10-21/h5-15,18-19H,4,16-17H2,1-3H3,(H,33,37). The molecule has 0 aliphatic carbocycles. The van der Waals surface area contributed by atoms with E-state index in [4.69, 9.17) is 46.4 Å². The largest absolute Gasteiger partial charge is 0.352 e. The van der Waals surface area contributed by atoms with Crippen LogP contribution in [-0.2, 0) is 26.2 Å². The van der Waals surface area contributed by atoms with Crippen LogP contribution >= 0.6 is 46.4 Å². The molecule has 3 aromatic carbocycles. The van der Waals surface area contributed by atoms with Crippen LogP contribution in [-0.4, -0.2) is 43.8 Å². The minimum atomic E-state index is -4.27. The highest BCUT2D eigenvalue weighted by Crippen LogP contribution is 2.35. The van der Waals surface area contributed by atoms with Gasteiger partial charge in [-0.05, 0) is 62.2 Å². The smallest absolute Gasteiger partial charge is 0.264 e. The van der Waals surface area contributed by atoms with Gasteiger partial charge in [0.25, 0.3) is 10.0 Å². The van der Waals surface area contributed by atoms with E-state index in [1.807, 2.05) is 13.8 Å². The number of anilines is 1. The molecule has 0 aliphatic heterocycles. The number of rotatable bonds is 11. The highest BCUT2D eigenvalue weighted by molar-refractivity contribution is 7.92.